The molecule has 1 amide bonds. The van der Waals surface area contributed by atoms with Crippen molar-refractivity contribution in [2.45, 2.75) is 125 Å². The first-order chi connectivity index (χ1) is 20.0. The second kappa shape index (κ2) is 16.3. The minimum atomic E-state index is -1.83. The first-order valence-electron chi connectivity index (χ1n) is 14.1. The highest BCUT2D eigenvalue weighted by Gasteiger charge is 2.54. The van der Waals surface area contributed by atoms with Crippen LogP contribution in [0.3, 0.4) is 0 Å². The van der Waals surface area contributed by atoms with Crippen LogP contribution in [-0.4, -0.2) is 170 Å². The van der Waals surface area contributed by atoms with Gasteiger partial charge in [0.25, 0.3) is 0 Å². The fraction of sp³-hybridized carbons (Fsp3) is 0.960. The Morgan fingerprint density at radius 3 is 1.79 bits per heavy atom. The lowest BCUT2D eigenvalue weighted by Crippen LogP contribution is -2.69. The van der Waals surface area contributed by atoms with E-state index in [1.54, 1.807) is 0 Å². The Balaban J connectivity index is 1.83. The van der Waals surface area contributed by atoms with Gasteiger partial charge in [0.05, 0.1) is 19.8 Å². The summed E-state index contributed by atoms with van der Waals surface area (Å²) < 4.78 is 34.1. The van der Waals surface area contributed by atoms with Gasteiger partial charge in [-0.15, -0.1) is 0 Å². The summed E-state index contributed by atoms with van der Waals surface area (Å²) in [5.74, 6) is -0.640. The van der Waals surface area contributed by atoms with Crippen molar-refractivity contribution in [3.05, 3.63) is 0 Å². The first kappa shape index (κ1) is 35.4. The number of unbranched alkanes of at least 4 members (excludes halogenated alkanes) is 2. The molecule has 0 aromatic heterocycles. The maximum atomic E-state index is 12.1. The molecule has 3 heterocycles. The standard InChI is InChI=1S/C25H45NO16/c1-3-4-5-6-37-25-22(19(35)16(32)12(8-28)39-25)42-23-14(26-10(2)30)17(33)21(13(9-29)40-23)41-24-20(36)18(34)15(31)11(7-27)38-24/h11-25,27-29,31-36H,3-9H2,1-2H3,(H,26,30)/t11-,12-,13-,14-,15+,16-,17-,18+,19+,20-,21-,22+,23+,24+,25+/m1/s1. The summed E-state index contributed by atoms with van der Waals surface area (Å²) in [6, 6.07) is -1.43. The van der Waals surface area contributed by atoms with Gasteiger partial charge in [-0.1, -0.05) is 19.8 Å². The molecule has 3 saturated heterocycles. The van der Waals surface area contributed by atoms with Crippen molar-refractivity contribution in [1.29, 1.82) is 0 Å². The summed E-state index contributed by atoms with van der Waals surface area (Å²) in [7, 11) is 0. The lowest BCUT2D eigenvalue weighted by atomic mass is 9.94. The zero-order valence-electron chi connectivity index (χ0n) is 23.5. The van der Waals surface area contributed by atoms with Crippen LogP contribution in [0.25, 0.3) is 0 Å². The number of carbonyl (C=O) groups is 1. The molecular weight excluding hydrogens is 570 g/mol. The van der Waals surface area contributed by atoms with Crippen molar-refractivity contribution in [3.8, 4) is 0 Å². The molecule has 0 saturated carbocycles. The third kappa shape index (κ3) is 8.12. The van der Waals surface area contributed by atoms with E-state index in [0.29, 0.717) is 6.42 Å². The molecule has 0 radical (unpaired) electrons. The fourth-order valence-corrected chi connectivity index (χ4v) is 5.12. The van der Waals surface area contributed by atoms with E-state index in [4.69, 9.17) is 28.4 Å². The number of amides is 1. The van der Waals surface area contributed by atoms with Crippen LogP contribution >= 0.6 is 0 Å². The molecule has 10 N–H and O–H groups in total. The normalized spacial score (nSPS) is 44.6. The van der Waals surface area contributed by atoms with Crippen molar-refractivity contribution in [1.82, 2.24) is 5.32 Å². The molecule has 3 fully saturated rings. The average Bonchev–Trinajstić information content (AvgIpc) is 2.97. The number of hydrogen-bond acceptors (Lipinski definition) is 16. The molecule has 0 spiro atoms. The highest BCUT2D eigenvalue weighted by atomic mass is 16.8. The van der Waals surface area contributed by atoms with Gasteiger partial charge in [-0.05, 0) is 6.42 Å². The molecule has 17 nitrogen and oxygen atoms in total. The smallest absolute Gasteiger partial charge is 0.217 e. The van der Waals surface area contributed by atoms with E-state index in [1.807, 2.05) is 6.92 Å². The van der Waals surface area contributed by atoms with E-state index in [1.165, 1.54) is 0 Å². The monoisotopic (exact) mass is 615 g/mol. The van der Waals surface area contributed by atoms with Crippen LogP contribution in [0, 0.1) is 0 Å². The Labute approximate surface area is 242 Å². The topological polar surface area (TPSA) is 267 Å². The number of hydrogen-bond donors (Lipinski definition) is 10. The van der Waals surface area contributed by atoms with Crippen molar-refractivity contribution < 1.29 is 79.2 Å². The van der Waals surface area contributed by atoms with E-state index < -0.39 is 118 Å². The van der Waals surface area contributed by atoms with Crippen molar-refractivity contribution in [2.75, 3.05) is 26.4 Å². The minimum absolute atomic E-state index is 0.191. The van der Waals surface area contributed by atoms with Crippen LogP contribution in [-0.2, 0) is 33.2 Å². The molecule has 3 aliphatic heterocycles. The number of aliphatic hydroxyl groups is 9. The quantitative estimate of drug-likeness (QED) is 0.0868. The SMILES string of the molecule is CCCCCO[C@H]1O[C@H](CO)[C@@H](O)[C@H](O)[C@@H]1O[C@@H]1O[C@H](CO)[C@@H](O[C@@H]2O[C@H](CO)[C@H](O)[C@H](O)[C@H]2O)[C@H](O)[C@H]1NC(C)=O. The van der Waals surface area contributed by atoms with Crippen LogP contribution in [0.2, 0.25) is 0 Å². The van der Waals surface area contributed by atoms with Gasteiger partial charge in [0.1, 0.15) is 73.2 Å². The van der Waals surface area contributed by atoms with Gasteiger partial charge >= 0.3 is 0 Å². The Morgan fingerprint density at radius 2 is 1.21 bits per heavy atom. The Morgan fingerprint density at radius 1 is 0.667 bits per heavy atom. The Bertz CT molecular complexity index is 823. The number of carbonyl (C=O) groups excluding carboxylic acids is 1. The van der Waals surface area contributed by atoms with Crippen molar-refractivity contribution in [3.63, 3.8) is 0 Å². The Hall–Kier alpha value is -1.13. The minimum Gasteiger partial charge on any atom is -0.394 e. The fourth-order valence-electron chi connectivity index (χ4n) is 5.12. The van der Waals surface area contributed by atoms with Crippen LogP contribution in [0.5, 0.6) is 0 Å². The summed E-state index contributed by atoms with van der Waals surface area (Å²) in [6.07, 6.45) is -19.4. The van der Waals surface area contributed by atoms with Gasteiger partial charge < -0.3 is 79.7 Å². The largest absolute Gasteiger partial charge is 0.394 e. The van der Waals surface area contributed by atoms with Gasteiger partial charge in [0.15, 0.2) is 18.9 Å². The summed E-state index contributed by atoms with van der Waals surface area (Å²) in [5, 5.41) is 94.7. The summed E-state index contributed by atoms with van der Waals surface area (Å²) >= 11 is 0. The molecule has 0 aliphatic carbocycles. The maximum absolute atomic E-state index is 12.1. The molecule has 0 aromatic carbocycles. The van der Waals surface area contributed by atoms with Crippen LogP contribution in [0.1, 0.15) is 33.1 Å². The van der Waals surface area contributed by atoms with Crippen molar-refractivity contribution >= 4 is 5.91 Å². The van der Waals surface area contributed by atoms with Gasteiger partial charge in [0.2, 0.25) is 5.91 Å². The molecular formula is C25H45NO16. The van der Waals surface area contributed by atoms with Gasteiger partial charge in [-0.3, -0.25) is 4.79 Å². The number of ether oxygens (including phenoxy) is 6. The number of rotatable bonds is 13. The van der Waals surface area contributed by atoms with E-state index in [0.717, 1.165) is 19.8 Å². The zero-order valence-corrected chi connectivity index (χ0v) is 23.5. The van der Waals surface area contributed by atoms with Gasteiger partial charge in [-0.25, -0.2) is 0 Å². The van der Waals surface area contributed by atoms with Crippen LogP contribution < -0.4 is 5.32 Å². The molecule has 15 atom stereocenters. The molecule has 0 bridgehead atoms. The summed E-state index contributed by atoms with van der Waals surface area (Å²) in [6.45, 7) is 1.17. The lowest BCUT2D eigenvalue weighted by molar-refractivity contribution is -0.372. The second-order valence-corrected chi connectivity index (χ2v) is 10.6. The van der Waals surface area contributed by atoms with Gasteiger partial charge in [0, 0.05) is 13.5 Å². The molecule has 0 unspecified atom stereocenters. The highest BCUT2D eigenvalue weighted by molar-refractivity contribution is 5.73. The predicted octanol–water partition coefficient (Wildman–Crippen LogP) is -5.21. The summed E-state index contributed by atoms with van der Waals surface area (Å²) in [4.78, 5) is 12.1. The Kier molecular flexibility index (Phi) is 13.7. The van der Waals surface area contributed by atoms with E-state index >= 15 is 0 Å². The predicted molar refractivity (Wildman–Crippen MR) is 136 cm³/mol. The third-order valence-corrected chi connectivity index (χ3v) is 7.51. The summed E-state index contributed by atoms with van der Waals surface area (Å²) in [5.41, 5.74) is 0. The molecule has 246 valence electrons. The maximum Gasteiger partial charge on any atom is 0.217 e. The molecule has 17 heteroatoms. The van der Waals surface area contributed by atoms with E-state index in [9.17, 15) is 50.8 Å². The first-order valence-corrected chi connectivity index (χ1v) is 14.1. The lowest BCUT2D eigenvalue weighted by Gasteiger charge is -2.49. The third-order valence-electron chi connectivity index (χ3n) is 7.51. The van der Waals surface area contributed by atoms with Gasteiger partial charge in [-0.2, -0.15) is 0 Å². The number of aliphatic hydroxyl groups excluding tert-OH is 9. The highest BCUT2D eigenvalue weighted by Crippen LogP contribution is 2.33. The second-order valence-electron chi connectivity index (χ2n) is 10.6. The van der Waals surface area contributed by atoms with Crippen molar-refractivity contribution in [2.24, 2.45) is 0 Å². The average molecular weight is 616 g/mol. The molecule has 3 rings (SSSR count). The van der Waals surface area contributed by atoms with Crippen LogP contribution in [0.15, 0.2) is 0 Å². The van der Waals surface area contributed by atoms with E-state index in [2.05, 4.69) is 5.32 Å². The molecule has 3 aliphatic rings. The van der Waals surface area contributed by atoms with E-state index in [-0.39, 0.29) is 6.61 Å². The van der Waals surface area contributed by atoms with Crippen LogP contribution in [0.4, 0.5) is 0 Å². The molecule has 42 heavy (non-hydrogen) atoms. The molecule has 0 aromatic rings. The zero-order chi connectivity index (χ0) is 31.1. The number of nitrogens with one attached hydrogen (secondary N) is 1.